The Morgan fingerprint density at radius 3 is 2.72 bits per heavy atom. The monoisotopic (exact) mass is 334 g/mol. The van der Waals surface area contributed by atoms with Crippen LogP contribution in [0.2, 0.25) is 0 Å². The maximum absolute atomic E-state index is 12.2. The van der Waals surface area contributed by atoms with Crippen LogP contribution in [-0.2, 0) is 0 Å². The van der Waals surface area contributed by atoms with Crippen molar-refractivity contribution in [1.82, 2.24) is 15.6 Å². The summed E-state index contributed by atoms with van der Waals surface area (Å²) in [5, 5.41) is 10.9. The van der Waals surface area contributed by atoms with Crippen LogP contribution in [0.15, 0.2) is 59.7 Å². The summed E-state index contributed by atoms with van der Waals surface area (Å²) in [6.07, 6.45) is 1.59. The minimum atomic E-state index is -0.364. The Balaban J connectivity index is 1.69. The van der Waals surface area contributed by atoms with E-state index in [1.807, 2.05) is 55.5 Å². The fourth-order valence-corrected chi connectivity index (χ4v) is 2.31. The molecule has 126 valence electrons. The van der Waals surface area contributed by atoms with Crippen LogP contribution in [0, 0.1) is 6.92 Å². The normalized spacial score (nSPS) is 10.8. The number of aryl methyl sites for hydroxylation is 1. The summed E-state index contributed by atoms with van der Waals surface area (Å²) >= 11 is 0. The van der Waals surface area contributed by atoms with Crippen molar-refractivity contribution in [3.63, 3.8) is 0 Å². The molecule has 0 aliphatic carbocycles. The van der Waals surface area contributed by atoms with Gasteiger partial charge in [-0.2, -0.15) is 10.2 Å². The van der Waals surface area contributed by atoms with E-state index in [4.69, 9.17) is 4.74 Å². The van der Waals surface area contributed by atoms with Gasteiger partial charge in [-0.15, -0.1) is 0 Å². The van der Waals surface area contributed by atoms with Crippen molar-refractivity contribution in [3.8, 4) is 17.0 Å². The van der Waals surface area contributed by atoms with Crippen molar-refractivity contribution in [3.05, 3.63) is 71.4 Å². The molecule has 6 nitrogen and oxygen atoms in total. The molecule has 3 rings (SSSR count). The molecule has 2 N–H and O–H groups in total. The smallest absolute Gasteiger partial charge is 0.289 e. The van der Waals surface area contributed by atoms with E-state index in [0.29, 0.717) is 17.1 Å². The molecular weight excluding hydrogens is 316 g/mol. The molecule has 3 aromatic rings. The summed E-state index contributed by atoms with van der Waals surface area (Å²) < 4.78 is 5.31. The number of hydrazone groups is 1. The third kappa shape index (κ3) is 3.92. The molecule has 0 saturated heterocycles. The number of ether oxygens (including phenoxy) is 1. The van der Waals surface area contributed by atoms with E-state index in [1.165, 1.54) is 5.56 Å². The molecule has 0 atom stereocenters. The van der Waals surface area contributed by atoms with Gasteiger partial charge in [0, 0.05) is 5.56 Å². The highest BCUT2D eigenvalue weighted by atomic mass is 16.5. The number of carbonyl (C=O) groups excluding carboxylic acids is 1. The fraction of sp³-hybridized carbons (Fsp3) is 0.105. The lowest BCUT2D eigenvalue weighted by molar-refractivity contribution is 0.0950. The van der Waals surface area contributed by atoms with Crippen LogP contribution in [0.25, 0.3) is 11.3 Å². The third-order valence-electron chi connectivity index (χ3n) is 3.66. The van der Waals surface area contributed by atoms with Crippen LogP contribution in [0.3, 0.4) is 0 Å². The van der Waals surface area contributed by atoms with Crippen molar-refractivity contribution in [2.45, 2.75) is 6.92 Å². The molecule has 2 aromatic carbocycles. The summed E-state index contributed by atoms with van der Waals surface area (Å²) in [6, 6.07) is 17.0. The Hall–Kier alpha value is -3.41. The van der Waals surface area contributed by atoms with Gasteiger partial charge >= 0.3 is 0 Å². The minimum Gasteiger partial charge on any atom is -0.496 e. The number of para-hydroxylation sites is 1. The molecule has 0 saturated carbocycles. The van der Waals surface area contributed by atoms with Crippen LogP contribution < -0.4 is 10.2 Å². The first kappa shape index (κ1) is 16.4. The Bertz CT molecular complexity index is 898. The van der Waals surface area contributed by atoms with E-state index >= 15 is 0 Å². The maximum atomic E-state index is 12.2. The largest absolute Gasteiger partial charge is 0.496 e. The molecule has 1 heterocycles. The molecule has 0 radical (unpaired) electrons. The zero-order valence-electron chi connectivity index (χ0n) is 14.0. The summed E-state index contributed by atoms with van der Waals surface area (Å²) in [5.41, 5.74) is 6.32. The molecule has 25 heavy (non-hydrogen) atoms. The highest BCUT2D eigenvalue weighted by Gasteiger charge is 2.13. The van der Waals surface area contributed by atoms with Crippen LogP contribution in [0.1, 0.15) is 21.6 Å². The standard InChI is InChI=1S/C19H18N4O2/c1-13-7-9-14(10-8-13)12-20-23-19(24)17-11-16(21-22-17)15-5-3-4-6-18(15)25-2/h3-12H,1-2H3,(H,21,22)(H,23,24). The van der Waals surface area contributed by atoms with Crippen molar-refractivity contribution < 1.29 is 9.53 Å². The molecule has 1 amide bonds. The first-order valence-electron chi connectivity index (χ1n) is 7.76. The average Bonchev–Trinajstić information content (AvgIpc) is 3.13. The molecular formula is C19H18N4O2. The van der Waals surface area contributed by atoms with Gasteiger partial charge in [0.2, 0.25) is 0 Å². The lowest BCUT2D eigenvalue weighted by Gasteiger charge is -2.04. The number of nitrogens with zero attached hydrogens (tertiary/aromatic N) is 2. The van der Waals surface area contributed by atoms with E-state index in [2.05, 4.69) is 20.7 Å². The molecule has 0 aliphatic rings. The number of hydrogen-bond donors (Lipinski definition) is 2. The minimum absolute atomic E-state index is 0.321. The summed E-state index contributed by atoms with van der Waals surface area (Å²) in [4.78, 5) is 12.2. The second-order valence-electron chi connectivity index (χ2n) is 5.48. The average molecular weight is 334 g/mol. The van der Waals surface area contributed by atoms with Gasteiger partial charge in [0.1, 0.15) is 11.4 Å². The topological polar surface area (TPSA) is 79.4 Å². The number of methoxy groups -OCH3 is 1. The highest BCUT2D eigenvalue weighted by molar-refractivity contribution is 5.94. The summed E-state index contributed by atoms with van der Waals surface area (Å²) in [6.45, 7) is 2.01. The summed E-state index contributed by atoms with van der Waals surface area (Å²) in [7, 11) is 1.60. The molecule has 0 fully saturated rings. The third-order valence-corrected chi connectivity index (χ3v) is 3.66. The first-order valence-corrected chi connectivity index (χ1v) is 7.76. The number of hydrogen-bond acceptors (Lipinski definition) is 4. The molecule has 0 bridgehead atoms. The molecule has 0 unspecified atom stereocenters. The van der Waals surface area contributed by atoms with Crippen molar-refractivity contribution in [2.75, 3.05) is 7.11 Å². The zero-order chi connectivity index (χ0) is 17.6. The number of nitrogens with one attached hydrogen (secondary N) is 2. The Kier molecular flexibility index (Phi) is 4.89. The van der Waals surface area contributed by atoms with Gasteiger partial charge in [0.15, 0.2) is 0 Å². The number of carbonyl (C=O) groups is 1. The lowest BCUT2D eigenvalue weighted by Crippen LogP contribution is -2.17. The lowest BCUT2D eigenvalue weighted by atomic mass is 10.1. The van der Waals surface area contributed by atoms with Gasteiger partial charge in [-0.25, -0.2) is 5.43 Å². The van der Waals surface area contributed by atoms with E-state index in [9.17, 15) is 4.79 Å². The van der Waals surface area contributed by atoms with Crippen molar-refractivity contribution >= 4 is 12.1 Å². The predicted molar refractivity (Wildman–Crippen MR) is 96.8 cm³/mol. The zero-order valence-corrected chi connectivity index (χ0v) is 14.0. The van der Waals surface area contributed by atoms with Gasteiger partial charge in [-0.1, -0.05) is 42.0 Å². The van der Waals surface area contributed by atoms with E-state index in [0.717, 1.165) is 11.1 Å². The second kappa shape index (κ2) is 7.44. The van der Waals surface area contributed by atoms with Crippen molar-refractivity contribution in [2.24, 2.45) is 5.10 Å². The predicted octanol–water partition coefficient (Wildman–Crippen LogP) is 3.16. The molecule has 6 heteroatoms. The molecule has 0 spiro atoms. The highest BCUT2D eigenvalue weighted by Crippen LogP contribution is 2.28. The Morgan fingerprint density at radius 2 is 1.96 bits per heavy atom. The van der Waals surface area contributed by atoms with Gasteiger partial charge in [0.25, 0.3) is 5.91 Å². The second-order valence-corrected chi connectivity index (χ2v) is 5.48. The van der Waals surface area contributed by atoms with Gasteiger partial charge < -0.3 is 4.74 Å². The van der Waals surface area contributed by atoms with Gasteiger partial charge in [0.05, 0.1) is 19.0 Å². The Morgan fingerprint density at radius 1 is 1.20 bits per heavy atom. The van der Waals surface area contributed by atoms with E-state index < -0.39 is 0 Å². The van der Waals surface area contributed by atoms with Crippen molar-refractivity contribution in [1.29, 1.82) is 0 Å². The van der Waals surface area contributed by atoms with E-state index in [1.54, 1.807) is 19.4 Å². The van der Waals surface area contributed by atoms with Gasteiger partial charge in [-0.3, -0.25) is 9.89 Å². The van der Waals surface area contributed by atoms with Gasteiger partial charge in [-0.05, 0) is 30.7 Å². The molecule has 1 aromatic heterocycles. The number of amides is 1. The quantitative estimate of drug-likeness (QED) is 0.556. The van der Waals surface area contributed by atoms with E-state index in [-0.39, 0.29) is 5.91 Å². The number of aromatic amines is 1. The molecule has 0 aliphatic heterocycles. The first-order chi connectivity index (χ1) is 12.2. The number of aromatic nitrogens is 2. The SMILES string of the molecule is COc1ccccc1-c1cc(C(=O)NN=Cc2ccc(C)cc2)[nH]n1. The summed E-state index contributed by atoms with van der Waals surface area (Å²) in [5.74, 6) is 0.329. The fourth-order valence-electron chi connectivity index (χ4n) is 2.31. The van der Waals surface area contributed by atoms with Crippen LogP contribution >= 0.6 is 0 Å². The maximum Gasteiger partial charge on any atom is 0.289 e. The van der Waals surface area contributed by atoms with Crippen LogP contribution in [0.5, 0.6) is 5.75 Å². The number of H-pyrrole nitrogens is 1. The number of rotatable bonds is 5. The Labute approximate surface area is 145 Å². The van der Waals surface area contributed by atoms with Crippen LogP contribution in [0.4, 0.5) is 0 Å². The van der Waals surface area contributed by atoms with Crippen LogP contribution in [-0.4, -0.2) is 29.4 Å². The number of benzene rings is 2.